The molecule has 1 aliphatic rings. The van der Waals surface area contributed by atoms with Crippen molar-refractivity contribution in [2.45, 2.75) is 0 Å². The molecule has 0 bridgehead atoms. The van der Waals surface area contributed by atoms with Gasteiger partial charge in [-0.2, -0.15) is 0 Å². The highest BCUT2D eigenvalue weighted by atomic mass is 32.2. The SMILES string of the molecule is COCCN1CCN(c2ccc(NC(=S)SC(=N)N)cc2)CC1. The van der Waals surface area contributed by atoms with Crippen LogP contribution in [0.5, 0.6) is 0 Å². The highest BCUT2D eigenvalue weighted by Gasteiger charge is 2.16. The number of amidine groups is 1. The van der Waals surface area contributed by atoms with Crippen LogP contribution >= 0.6 is 24.0 Å². The number of thioether (sulfide) groups is 1. The third-order valence-electron chi connectivity index (χ3n) is 3.67. The highest BCUT2D eigenvalue weighted by molar-refractivity contribution is 8.33. The number of thiocarbonyl (C=S) groups is 1. The van der Waals surface area contributed by atoms with E-state index in [2.05, 4.69) is 27.2 Å². The van der Waals surface area contributed by atoms with E-state index in [-0.39, 0.29) is 5.17 Å². The van der Waals surface area contributed by atoms with Gasteiger partial charge < -0.3 is 20.7 Å². The van der Waals surface area contributed by atoms with Crippen molar-refractivity contribution in [2.75, 3.05) is 56.7 Å². The standard InChI is InChI=1S/C15H23N5OS2/c1-21-11-10-19-6-8-20(9-7-19)13-4-2-12(3-5-13)18-15(22)23-14(16)17/h2-5H,6-11H2,1H3,(H3,16,17)(H,18,22). The second-order valence-corrected chi connectivity index (χ2v) is 6.97. The Morgan fingerprint density at radius 1 is 1.30 bits per heavy atom. The van der Waals surface area contributed by atoms with E-state index < -0.39 is 0 Å². The maximum atomic E-state index is 7.21. The second kappa shape index (κ2) is 9.07. The van der Waals surface area contributed by atoms with Crippen molar-refractivity contribution < 1.29 is 4.74 Å². The average Bonchev–Trinajstić information content (AvgIpc) is 2.53. The van der Waals surface area contributed by atoms with Crippen molar-refractivity contribution in [3.05, 3.63) is 24.3 Å². The number of rotatable bonds is 5. The number of piperazine rings is 1. The molecule has 0 amide bonds. The number of nitrogens with two attached hydrogens (primary N) is 1. The number of hydrogen-bond acceptors (Lipinski definition) is 6. The summed E-state index contributed by atoms with van der Waals surface area (Å²) in [5.41, 5.74) is 7.43. The third-order valence-corrected chi connectivity index (χ3v) is 4.52. The van der Waals surface area contributed by atoms with E-state index in [1.165, 1.54) is 5.69 Å². The molecule has 0 aromatic heterocycles. The summed E-state index contributed by atoms with van der Waals surface area (Å²) in [6.07, 6.45) is 0. The van der Waals surface area contributed by atoms with Gasteiger partial charge in [-0.15, -0.1) is 0 Å². The van der Waals surface area contributed by atoms with Gasteiger partial charge in [0.2, 0.25) is 0 Å². The number of methoxy groups -OCH3 is 1. The quantitative estimate of drug-likeness (QED) is 0.423. The van der Waals surface area contributed by atoms with Crippen molar-refractivity contribution >= 4 is 44.8 Å². The summed E-state index contributed by atoms with van der Waals surface area (Å²) in [5, 5.41) is 10.3. The Bertz CT molecular complexity index is 529. The molecule has 1 heterocycles. The molecule has 0 radical (unpaired) electrons. The summed E-state index contributed by atoms with van der Waals surface area (Å²) in [6, 6.07) is 8.18. The summed E-state index contributed by atoms with van der Waals surface area (Å²) in [4.78, 5) is 4.81. The fourth-order valence-corrected chi connectivity index (χ4v) is 3.20. The molecule has 4 N–H and O–H groups in total. The zero-order valence-corrected chi connectivity index (χ0v) is 14.9. The fourth-order valence-electron chi connectivity index (χ4n) is 2.45. The molecule has 1 aromatic carbocycles. The van der Waals surface area contributed by atoms with Gasteiger partial charge in [-0.05, 0) is 36.0 Å². The van der Waals surface area contributed by atoms with Crippen molar-refractivity contribution in [1.29, 1.82) is 5.41 Å². The third kappa shape index (κ3) is 5.98. The Kier molecular flexibility index (Phi) is 7.10. The molecule has 1 aromatic rings. The van der Waals surface area contributed by atoms with Crippen LogP contribution in [0.25, 0.3) is 0 Å². The first-order valence-electron chi connectivity index (χ1n) is 7.47. The molecule has 1 saturated heterocycles. The Labute approximate surface area is 146 Å². The van der Waals surface area contributed by atoms with E-state index in [1.807, 2.05) is 12.1 Å². The van der Waals surface area contributed by atoms with Crippen LogP contribution in [0.4, 0.5) is 11.4 Å². The first-order chi connectivity index (χ1) is 11.1. The lowest BCUT2D eigenvalue weighted by Crippen LogP contribution is -2.47. The van der Waals surface area contributed by atoms with Crippen LogP contribution in [0.2, 0.25) is 0 Å². The molecule has 0 spiro atoms. The van der Waals surface area contributed by atoms with Crippen LogP contribution in [-0.2, 0) is 4.74 Å². The Morgan fingerprint density at radius 3 is 2.52 bits per heavy atom. The lowest BCUT2D eigenvalue weighted by Gasteiger charge is -2.36. The molecule has 126 valence electrons. The van der Waals surface area contributed by atoms with E-state index >= 15 is 0 Å². The van der Waals surface area contributed by atoms with E-state index in [0.29, 0.717) is 4.32 Å². The first-order valence-corrected chi connectivity index (χ1v) is 8.70. The first kappa shape index (κ1) is 18.0. The number of hydrogen-bond donors (Lipinski definition) is 3. The number of anilines is 2. The summed E-state index contributed by atoms with van der Waals surface area (Å²) >= 11 is 6.17. The molecule has 0 unspecified atom stereocenters. The van der Waals surface area contributed by atoms with E-state index in [1.54, 1.807) is 7.11 Å². The molecule has 0 aliphatic carbocycles. The monoisotopic (exact) mass is 353 g/mol. The number of nitrogens with zero attached hydrogens (tertiary/aromatic N) is 2. The molecule has 0 atom stereocenters. The fraction of sp³-hybridized carbons (Fsp3) is 0.467. The van der Waals surface area contributed by atoms with Gasteiger partial charge in [-0.1, -0.05) is 12.2 Å². The summed E-state index contributed by atoms with van der Waals surface area (Å²) in [5.74, 6) is 0. The summed E-state index contributed by atoms with van der Waals surface area (Å²) in [7, 11) is 1.74. The van der Waals surface area contributed by atoms with Gasteiger partial charge in [0.05, 0.1) is 6.61 Å². The molecule has 2 rings (SSSR count). The van der Waals surface area contributed by atoms with Gasteiger partial charge in [-0.3, -0.25) is 10.3 Å². The number of ether oxygens (including phenoxy) is 1. The molecule has 1 aliphatic heterocycles. The molecular weight excluding hydrogens is 330 g/mol. The van der Waals surface area contributed by atoms with Crippen LogP contribution in [0.3, 0.4) is 0 Å². The molecule has 8 heteroatoms. The van der Waals surface area contributed by atoms with Crippen LogP contribution in [-0.4, -0.2) is 60.8 Å². The average molecular weight is 354 g/mol. The molecule has 1 fully saturated rings. The van der Waals surface area contributed by atoms with Crippen LogP contribution in [0, 0.1) is 5.41 Å². The minimum Gasteiger partial charge on any atom is -0.383 e. The maximum Gasteiger partial charge on any atom is 0.158 e. The molecule has 6 nitrogen and oxygen atoms in total. The van der Waals surface area contributed by atoms with E-state index in [0.717, 1.165) is 56.8 Å². The second-order valence-electron chi connectivity index (χ2n) is 5.25. The van der Waals surface area contributed by atoms with Crippen molar-refractivity contribution in [3.63, 3.8) is 0 Å². The van der Waals surface area contributed by atoms with E-state index in [9.17, 15) is 0 Å². The smallest absolute Gasteiger partial charge is 0.158 e. The summed E-state index contributed by atoms with van der Waals surface area (Å²) < 4.78 is 5.61. The largest absolute Gasteiger partial charge is 0.383 e. The predicted molar refractivity (Wildman–Crippen MR) is 103 cm³/mol. The molecule has 23 heavy (non-hydrogen) atoms. The van der Waals surface area contributed by atoms with E-state index in [4.69, 9.17) is 28.1 Å². The maximum absolute atomic E-state index is 7.21. The number of benzene rings is 1. The van der Waals surface area contributed by atoms with Crippen molar-refractivity contribution in [3.8, 4) is 0 Å². The summed E-state index contributed by atoms with van der Waals surface area (Å²) in [6.45, 7) is 5.95. The van der Waals surface area contributed by atoms with Gasteiger partial charge in [0.15, 0.2) is 5.17 Å². The minimum absolute atomic E-state index is 0.00883. The van der Waals surface area contributed by atoms with Gasteiger partial charge in [0.1, 0.15) is 4.32 Å². The molecule has 0 saturated carbocycles. The number of nitrogens with one attached hydrogen (secondary N) is 2. The van der Waals surface area contributed by atoms with Gasteiger partial charge >= 0.3 is 0 Å². The Morgan fingerprint density at radius 2 is 1.96 bits per heavy atom. The van der Waals surface area contributed by atoms with Gasteiger partial charge in [0, 0.05) is 51.2 Å². The normalized spacial score (nSPS) is 15.4. The molecular formula is C15H23N5OS2. The van der Waals surface area contributed by atoms with Crippen molar-refractivity contribution in [2.24, 2.45) is 5.73 Å². The zero-order valence-electron chi connectivity index (χ0n) is 13.2. The lowest BCUT2D eigenvalue weighted by atomic mass is 10.2. The van der Waals surface area contributed by atoms with Crippen molar-refractivity contribution in [1.82, 2.24) is 4.90 Å². The predicted octanol–water partition coefficient (Wildman–Crippen LogP) is 1.78. The zero-order chi connectivity index (χ0) is 16.7. The van der Waals surface area contributed by atoms with Gasteiger partial charge in [0.25, 0.3) is 0 Å². The highest BCUT2D eigenvalue weighted by Crippen LogP contribution is 2.20. The lowest BCUT2D eigenvalue weighted by molar-refractivity contribution is 0.144. The minimum atomic E-state index is -0.00883. The van der Waals surface area contributed by atoms with Crippen LogP contribution < -0.4 is 16.0 Å². The Balaban J connectivity index is 1.83. The Hall–Kier alpha value is -1.35. The topological polar surface area (TPSA) is 77.6 Å². The van der Waals surface area contributed by atoms with Crippen LogP contribution in [0.1, 0.15) is 0 Å². The van der Waals surface area contributed by atoms with Crippen LogP contribution in [0.15, 0.2) is 24.3 Å². The van der Waals surface area contributed by atoms with Gasteiger partial charge in [-0.25, -0.2) is 0 Å².